The summed E-state index contributed by atoms with van der Waals surface area (Å²) in [7, 11) is 0. The van der Waals surface area contributed by atoms with E-state index < -0.39 is 0 Å². The SMILES string of the molecule is C[C@@H]1c2ccccc2C(Sc2ccccc2)[C@H](C)N1C=O. The van der Waals surface area contributed by atoms with Gasteiger partial charge in [0.1, 0.15) is 0 Å². The van der Waals surface area contributed by atoms with Crippen molar-refractivity contribution in [1.29, 1.82) is 0 Å². The van der Waals surface area contributed by atoms with Crippen molar-refractivity contribution >= 4 is 18.2 Å². The summed E-state index contributed by atoms with van der Waals surface area (Å²) >= 11 is 1.84. The van der Waals surface area contributed by atoms with E-state index in [9.17, 15) is 4.79 Å². The Morgan fingerprint density at radius 2 is 1.57 bits per heavy atom. The molecule has 0 spiro atoms. The van der Waals surface area contributed by atoms with Crippen LogP contribution >= 0.6 is 11.8 Å². The highest BCUT2D eigenvalue weighted by Gasteiger charge is 2.36. The van der Waals surface area contributed by atoms with Gasteiger partial charge in [-0.2, -0.15) is 0 Å². The zero-order valence-corrected chi connectivity index (χ0v) is 13.1. The minimum atomic E-state index is 0.140. The van der Waals surface area contributed by atoms with Gasteiger partial charge < -0.3 is 4.90 Å². The highest BCUT2D eigenvalue weighted by atomic mass is 32.2. The Hall–Kier alpha value is -1.74. The molecule has 2 nitrogen and oxygen atoms in total. The maximum atomic E-state index is 11.5. The Kier molecular flexibility index (Phi) is 4.02. The van der Waals surface area contributed by atoms with E-state index in [-0.39, 0.29) is 17.3 Å². The molecular formula is C18H19NOS. The number of carbonyl (C=O) groups is 1. The maximum Gasteiger partial charge on any atom is 0.210 e. The molecule has 0 aromatic heterocycles. The molecule has 3 atom stereocenters. The second-order valence-corrected chi connectivity index (χ2v) is 6.66. The summed E-state index contributed by atoms with van der Waals surface area (Å²) in [6.07, 6.45) is 0.990. The second kappa shape index (κ2) is 5.94. The van der Waals surface area contributed by atoms with Crippen LogP contribution in [0.1, 0.15) is 36.3 Å². The van der Waals surface area contributed by atoms with E-state index >= 15 is 0 Å². The van der Waals surface area contributed by atoms with Gasteiger partial charge in [0.05, 0.1) is 11.3 Å². The summed E-state index contributed by atoms with van der Waals surface area (Å²) in [4.78, 5) is 14.7. The van der Waals surface area contributed by atoms with Gasteiger partial charge in [-0.1, -0.05) is 42.5 Å². The van der Waals surface area contributed by atoms with Crippen LogP contribution in [0.3, 0.4) is 0 Å². The summed E-state index contributed by atoms with van der Waals surface area (Å²) < 4.78 is 0. The van der Waals surface area contributed by atoms with Crippen LogP contribution in [0.5, 0.6) is 0 Å². The van der Waals surface area contributed by atoms with Crippen molar-refractivity contribution in [2.45, 2.75) is 36.1 Å². The van der Waals surface area contributed by atoms with Crippen molar-refractivity contribution in [1.82, 2.24) is 4.90 Å². The molecule has 0 bridgehead atoms. The molecule has 0 aliphatic carbocycles. The van der Waals surface area contributed by atoms with Crippen LogP contribution in [0.25, 0.3) is 0 Å². The zero-order chi connectivity index (χ0) is 14.8. The van der Waals surface area contributed by atoms with E-state index in [1.54, 1.807) is 0 Å². The topological polar surface area (TPSA) is 20.3 Å². The first-order valence-electron chi connectivity index (χ1n) is 7.25. The lowest BCUT2D eigenvalue weighted by Crippen LogP contribution is -2.41. The predicted molar refractivity (Wildman–Crippen MR) is 87.3 cm³/mol. The van der Waals surface area contributed by atoms with Crippen molar-refractivity contribution < 1.29 is 4.79 Å². The molecule has 0 fully saturated rings. The maximum absolute atomic E-state index is 11.5. The normalized spacial score (nSPS) is 24.5. The summed E-state index contributed by atoms with van der Waals surface area (Å²) in [5.41, 5.74) is 2.61. The first-order valence-corrected chi connectivity index (χ1v) is 8.13. The van der Waals surface area contributed by atoms with Gasteiger partial charge in [0.25, 0.3) is 0 Å². The van der Waals surface area contributed by atoms with Crippen LogP contribution in [0.15, 0.2) is 59.5 Å². The van der Waals surface area contributed by atoms with E-state index in [0.29, 0.717) is 0 Å². The standard InChI is InChI=1S/C18H19NOS/c1-13-16-10-6-7-11-17(16)18(14(2)19(13)12-20)21-15-8-4-3-5-9-15/h3-14,18H,1-2H3/t13-,14+,18?/m1/s1. The third-order valence-electron chi connectivity index (χ3n) is 4.24. The molecule has 21 heavy (non-hydrogen) atoms. The van der Waals surface area contributed by atoms with Crippen molar-refractivity contribution in [2.75, 3.05) is 0 Å². The molecule has 1 aliphatic rings. The minimum Gasteiger partial charge on any atom is -0.334 e. The van der Waals surface area contributed by atoms with Gasteiger partial charge in [-0.25, -0.2) is 0 Å². The first kappa shape index (κ1) is 14.2. The largest absolute Gasteiger partial charge is 0.334 e. The van der Waals surface area contributed by atoms with Gasteiger partial charge in [0, 0.05) is 10.9 Å². The lowest BCUT2D eigenvalue weighted by molar-refractivity contribution is -0.122. The van der Waals surface area contributed by atoms with Crippen LogP contribution in [0.2, 0.25) is 0 Å². The fraction of sp³-hybridized carbons (Fsp3) is 0.278. The molecule has 108 valence electrons. The third kappa shape index (κ3) is 2.58. The van der Waals surface area contributed by atoms with Crippen molar-refractivity contribution in [3.63, 3.8) is 0 Å². The summed E-state index contributed by atoms with van der Waals surface area (Å²) in [5.74, 6) is 0. The van der Waals surface area contributed by atoms with E-state index in [2.05, 4.69) is 62.4 Å². The Morgan fingerprint density at radius 3 is 2.24 bits per heavy atom. The van der Waals surface area contributed by atoms with Gasteiger partial charge in [0.15, 0.2) is 0 Å². The molecule has 2 aromatic rings. The molecule has 1 unspecified atom stereocenters. The average molecular weight is 297 g/mol. The minimum absolute atomic E-state index is 0.140. The Morgan fingerprint density at radius 1 is 0.952 bits per heavy atom. The monoisotopic (exact) mass is 297 g/mol. The van der Waals surface area contributed by atoms with Gasteiger partial charge in [0.2, 0.25) is 6.41 Å². The van der Waals surface area contributed by atoms with Crippen molar-refractivity contribution in [3.05, 3.63) is 65.7 Å². The molecule has 1 amide bonds. The van der Waals surface area contributed by atoms with E-state index in [0.717, 1.165) is 6.41 Å². The summed E-state index contributed by atoms with van der Waals surface area (Å²) in [6.45, 7) is 4.24. The highest BCUT2D eigenvalue weighted by molar-refractivity contribution is 7.99. The van der Waals surface area contributed by atoms with Crippen LogP contribution in [0.4, 0.5) is 0 Å². The van der Waals surface area contributed by atoms with Crippen LogP contribution in [-0.2, 0) is 4.79 Å². The van der Waals surface area contributed by atoms with Crippen LogP contribution < -0.4 is 0 Å². The Balaban J connectivity index is 2.01. The molecule has 0 saturated carbocycles. The molecule has 1 aliphatic heterocycles. The fourth-order valence-corrected chi connectivity index (χ4v) is 4.36. The number of nitrogens with zero attached hydrogens (tertiary/aromatic N) is 1. The van der Waals surface area contributed by atoms with Gasteiger partial charge in [-0.05, 0) is 37.1 Å². The number of hydrogen-bond donors (Lipinski definition) is 0. The lowest BCUT2D eigenvalue weighted by Gasteiger charge is -2.42. The molecule has 3 heteroatoms. The quantitative estimate of drug-likeness (QED) is 0.781. The molecule has 1 heterocycles. The number of carbonyl (C=O) groups excluding carboxylic acids is 1. The third-order valence-corrected chi connectivity index (χ3v) is 5.68. The number of benzene rings is 2. The van der Waals surface area contributed by atoms with E-state index in [1.807, 2.05) is 22.7 Å². The van der Waals surface area contributed by atoms with Crippen LogP contribution in [-0.4, -0.2) is 17.4 Å². The van der Waals surface area contributed by atoms with Gasteiger partial charge >= 0.3 is 0 Å². The Bertz CT molecular complexity index is 628. The average Bonchev–Trinajstić information content (AvgIpc) is 2.53. The predicted octanol–water partition coefficient (Wildman–Crippen LogP) is 4.44. The smallest absolute Gasteiger partial charge is 0.210 e. The fourth-order valence-electron chi connectivity index (χ4n) is 3.07. The molecule has 0 saturated heterocycles. The van der Waals surface area contributed by atoms with Crippen LogP contribution in [0, 0.1) is 0 Å². The number of thioether (sulfide) groups is 1. The molecule has 0 radical (unpaired) electrons. The van der Waals surface area contributed by atoms with E-state index in [4.69, 9.17) is 0 Å². The second-order valence-electron chi connectivity index (χ2n) is 5.45. The first-order chi connectivity index (χ1) is 10.2. The molecule has 0 N–H and O–H groups in total. The number of amides is 1. The lowest BCUT2D eigenvalue weighted by atomic mass is 9.89. The number of hydrogen-bond acceptors (Lipinski definition) is 2. The molecule has 2 aromatic carbocycles. The molecule has 3 rings (SSSR count). The molecular weight excluding hydrogens is 278 g/mol. The van der Waals surface area contributed by atoms with Gasteiger partial charge in [-0.15, -0.1) is 11.8 Å². The van der Waals surface area contributed by atoms with E-state index in [1.165, 1.54) is 16.0 Å². The van der Waals surface area contributed by atoms with Gasteiger partial charge in [-0.3, -0.25) is 4.79 Å². The Labute approximate surface area is 130 Å². The van der Waals surface area contributed by atoms with Crippen molar-refractivity contribution in [3.8, 4) is 0 Å². The number of rotatable bonds is 3. The zero-order valence-electron chi connectivity index (χ0n) is 12.3. The summed E-state index contributed by atoms with van der Waals surface area (Å²) in [6, 6.07) is 19.2. The van der Waals surface area contributed by atoms with Crippen molar-refractivity contribution in [2.24, 2.45) is 0 Å². The summed E-state index contributed by atoms with van der Waals surface area (Å²) in [5, 5.41) is 0.269. The highest BCUT2D eigenvalue weighted by Crippen LogP contribution is 2.47. The number of fused-ring (bicyclic) bond motifs is 1.